The van der Waals surface area contributed by atoms with Crippen LogP contribution in [0, 0.1) is 0 Å². The molecular formula is C12H13N3O3. The molecule has 1 aromatic heterocycles. The molecule has 94 valence electrons. The Kier molecular flexibility index (Phi) is 3.18. The number of nitrogens with two attached hydrogens (primary N) is 1. The zero-order valence-electron chi connectivity index (χ0n) is 9.51. The van der Waals surface area contributed by atoms with Crippen LogP contribution in [0.15, 0.2) is 30.5 Å². The van der Waals surface area contributed by atoms with Crippen LogP contribution in [-0.4, -0.2) is 28.1 Å². The average Bonchev–Trinajstić information content (AvgIpc) is 2.71. The maximum Gasteiger partial charge on any atom is 0.405 e. The summed E-state index contributed by atoms with van der Waals surface area (Å²) in [6.45, 7) is 0. The van der Waals surface area contributed by atoms with Crippen LogP contribution >= 0.6 is 0 Å². The Morgan fingerprint density at radius 1 is 1.39 bits per heavy atom. The molecule has 0 fully saturated rings. The molecule has 0 saturated carbocycles. The number of carbonyl (C=O) groups excluding carboxylic acids is 1. The molecule has 18 heavy (non-hydrogen) atoms. The lowest BCUT2D eigenvalue weighted by Crippen LogP contribution is -2.45. The minimum absolute atomic E-state index is 0.228. The van der Waals surface area contributed by atoms with Gasteiger partial charge in [-0.2, -0.15) is 0 Å². The molecule has 2 rings (SSSR count). The number of aromatic amines is 1. The number of hydrogen-bond acceptors (Lipinski definition) is 2. The Labute approximate surface area is 103 Å². The third-order valence-electron chi connectivity index (χ3n) is 2.74. The van der Waals surface area contributed by atoms with Crippen molar-refractivity contribution in [3.8, 4) is 0 Å². The van der Waals surface area contributed by atoms with Gasteiger partial charge in [-0.1, -0.05) is 18.2 Å². The first-order valence-corrected chi connectivity index (χ1v) is 5.41. The number of rotatable bonds is 4. The van der Waals surface area contributed by atoms with E-state index in [0.29, 0.717) is 0 Å². The van der Waals surface area contributed by atoms with Crippen LogP contribution in [0.4, 0.5) is 4.79 Å². The third kappa shape index (κ3) is 2.42. The summed E-state index contributed by atoms with van der Waals surface area (Å²) in [7, 11) is 0. The van der Waals surface area contributed by atoms with Crippen LogP contribution in [0.2, 0.25) is 0 Å². The quantitative estimate of drug-likeness (QED) is 0.642. The Bertz CT molecular complexity index is 591. The molecule has 0 radical (unpaired) electrons. The van der Waals surface area contributed by atoms with Crippen LogP contribution in [0.1, 0.15) is 5.56 Å². The molecule has 5 N–H and O–H groups in total. The molecule has 0 aliphatic rings. The molecule has 0 saturated heterocycles. The van der Waals surface area contributed by atoms with Crippen molar-refractivity contribution in [2.75, 3.05) is 0 Å². The molecule has 6 nitrogen and oxygen atoms in total. The molecule has 2 amide bonds. The van der Waals surface area contributed by atoms with Crippen molar-refractivity contribution in [2.24, 2.45) is 5.73 Å². The highest BCUT2D eigenvalue weighted by atomic mass is 16.4. The number of primary amides is 1. The van der Waals surface area contributed by atoms with E-state index in [2.05, 4.69) is 10.3 Å². The molecule has 0 aliphatic heterocycles. The van der Waals surface area contributed by atoms with Crippen molar-refractivity contribution in [3.63, 3.8) is 0 Å². The number of H-pyrrole nitrogens is 1. The summed E-state index contributed by atoms with van der Waals surface area (Å²) in [5, 5.41) is 11.7. The van der Waals surface area contributed by atoms with Crippen molar-refractivity contribution in [3.05, 3.63) is 36.0 Å². The predicted molar refractivity (Wildman–Crippen MR) is 66.1 cm³/mol. The first kappa shape index (κ1) is 12.0. The van der Waals surface area contributed by atoms with Gasteiger partial charge in [-0.25, -0.2) is 4.79 Å². The lowest BCUT2D eigenvalue weighted by Gasteiger charge is -2.12. The summed E-state index contributed by atoms with van der Waals surface area (Å²) < 4.78 is 0. The van der Waals surface area contributed by atoms with Crippen molar-refractivity contribution in [1.82, 2.24) is 10.3 Å². The second-order valence-electron chi connectivity index (χ2n) is 3.97. The Morgan fingerprint density at radius 3 is 2.78 bits per heavy atom. The van der Waals surface area contributed by atoms with E-state index in [-0.39, 0.29) is 6.42 Å². The van der Waals surface area contributed by atoms with Crippen LogP contribution in [0.25, 0.3) is 10.9 Å². The van der Waals surface area contributed by atoms with E-state index in [1.54, 1.807) is 6.20 Å². The van der Waals surface area contributed by atoms with E-state index < -0.39 is 18.0 Å². The van der Waals surface area contributed by atoms with E-state index in [1.807, 2.05) is 24.3 Å². The highest BCUT2D eigenvalue weighted by molar-refractivity contribution is 5.87. The van der Waals surface area contributed by atoms with E-state index in [0.717, 1.165) is 16.5 Å². The van der Waals surface area contributed by atoms with Gasteiger partial charge in [0.2, 0.25) is 5.91 Å². The second kappa shape index (κ2) is 4.79. The number of carbonyl (C=O) groups is 2. The molecule has 0 aliphatic carbocycles. The zero-order chi connectivity index (χ0) is 13.1. The smallest absolute Gasteiger partial charge is 0.405 e. The van der Waals surface area contributed by atoms with Crippen LogP contribution in [0.3, 0.4) is 0 Å². The van der Waals surface area contributed by atoms with Crippen molar-refractivity contribution >= 4 is 22.9 Å². The lowest BCUT2D eigenvalue weighted by atomic mass is 10.0. The summed E-state index contributed by atoms with van der Waals surface area (Å²) in [6, 6.07) is 6.65. The summed E-state index contributed by atoms with van der Waals surface area (Å²) in [6.07, 6.45) is 0.717. The number of hydrogen-bond donors (Lipinski definition) is 4. The van der Waals surface area contributed by atoms with Gasteiger partial charge in [0.25, 0.3) is 0 Å². The predicted octanol–water partition coefficient (Wildman–Crippen LogP) is 0.832. The maximum atomic E-state index is 11.2. The number of para-hydroxylation sites is 1. The lowest BCUT2D eigenvalue weighted by molar-refractivity contribution is -0.119. The summed E-state index contributed by atoms with van der Waals surface area (Å²) in [5.41, 5.74) is 6.96. The Hall–Kier alpha value is -2.50. The molecule has 1 aromatic carbocycles. The Morgan fingerprint density at radius 2 is 2.11 bits per heavy atom. The van der Waals surface area contributed by atoms with Crippen molar-refractivity contribution in [2.45, 2.75) is 12.5 Å². The van der Waals surface area contributed by atoms with Crippen molar-refractivity contribution < 1.29 is 14.7 Å². The molecule has 6 heteroatoms. The molecular weight excluding hydrogens is 234 g/mol. The normalized spacial score (nSPS) is 12.2. The highest BCUT2D eigenvalue weighted by Gasteiger charge is 2.19. The minimum Gasteiger partial charge on any atom is -0.465 e. The number of fused-ring (bicyclic) bond motifs is 1. The second-order valence-corrected chi connectivity index (χ2v) is 3.97. The number of amides is 2. The highest BCUT2D eigenvalue weighted by Crippen LogP contribution is 2.18. The van der Waals surface area contributed by atoms with E-state index in [9.17, 15) is 9.59 Å². The largest absolute Gasteiger partial charge is 0.465 e. The van der Waals surface area contributed by atoms with Crippen LogP contribution in [0.5, 0.6) is 0 Å². The van der Waals surface area contributed by atoms with Gasteiger partial charge in [-0.15, -0.1) is 0 Å². The average molecular weight is 247 g/mol. The summed E-state index contributed by atoms with van der Waals surface area (Å²) in [4.78, 5) is 24.8. The van der Waals surface area contributed by atoms with Gasteiger partial charge in [0.05, 0.1) is 0 Å². The summed E-state index contributed by atoms with van der Waals surface area (Å²) in [5.74, 6) is -0.692. The molecule has 1 atom stereocenters. The van der Waals surface area contributed by atoms with E-state index in [4.69, 9.17) is 10.8 Å². The molecule has 0 unspecified atom stereocenters. The van der Waals surface area contributed by atoms with Crippen molar-refractivity contribution in [1.29, 1.82) is 0 Å². The fourth-order valence-corrected chi connectivity index (χ4v) is 1.89. The first-order valence-electron chi connectivity index (χ1n) is 5.41. The maximum absolute atomic E-state index is 11.2. The zero-order valence-corrected chi connectivity index (χ0v) is 9.51. The Balaban J connectivity index is 2.26. The number of aromatic nitrogens is 1. The SMILES string of the molecule is NC(=O)[C@@H](Cc1c[nH]c2ccccc12)NC(=O)O. The monoisotopic (exact) mass is 247 g/mol. The first-order chi connectivity index (χ1) is 8.58. The van der Waals surface area contributed by atoms with Gasteiger partial charge < -0.3 is 21.1 Å². The topological polar surface area (TPSA) is 108 Å². The molecule has 1 heterocycles. The van der Waals surface area contributed by atoms with Gasteiger partial charge >= 0.3 is 6.09 Å². The molecule has 0 bridgehead atoms. The standard InChI is InChI=1S/C12H13N3O3/c13-11(16)10(15-12(17)18)5-7-6-14-9-4-2-1-3-8(7)9/h1-4,6,10,14-15H,5H2,(H2,13,16)(H,17,18)/t10-/m1/s1. The van der Waals surface area contributed by atoms with Gasteiger partial charge in [0, 0.05) is 23.5 Å². The van der Waals surface area contributed by atoms with Gasteiger partial charge in [-0.05, 0) is 11.6 Å². The van der Waals surface area contributed by atoms with Crippen LogP contribution in [-0.2, 0) is 11.2 Å². The number of nitrogens with one attached hydrogen (secondary N) is 2. The fraction of sp³-hybridized carbons (Fsp3) is 0.167. The third-order valence-corrected chi connectivity index (χ3v) is 2.74. The number of benzene rings is 1. The minimum atomic E-state index is -1.27. The molecule has 2 aromatic rings. The van der Waals surface area contributed by atoms with Gasteiger partial charge in [0.15, 0.2) is 0 Å². The van der Waals surface area contributed by atoms with E-state index >= 15 is 0 Å². The van der Waals surface area contributed by atoms with Gasteiger partial charge in [-0.3, -0.25) is 4.79 Å². The fourth-order valence-electron chi connectivity index (χ4n) is 1.89. The van der Waals surface area contributed by atoms with E-state index in [1.165, 1.54) is 0 Å². The van der Waals surface area contributed by atoms with Crippen LogP contribution < -0.4 is 11.1 Å². The molecule has 0 spiro atoms. The van der Waals surface area contributed by atoms with Gasteiger partial charge in [0.1, 0.15) is 6.04 Å². The number of carboxylic acid groups (broad SMARTS) is 1. The summed E-state index contributed by atoms with van der Waals surface area (Å²) >= 11 is 0.